The molecule has 1 aromatic heterocycles. The fraction of sp³-hybridized carbons (Fsp3) is 0.556. The first-order chi connectivity index (χ1) is 7.72. The second-order valence-electron chi connectivity index (χ2n) is 3.01. The smallest absolute Gasteiger partial charge is 0.245 e. The Morgan fingerprint density at radius 3 is 2.12 bits per heavy atom. The van der Waals surface area contributed by atoms with Crippen LogP contribution in [0.1, 0.15) is 0 Å². The van der Waals surface area contributed by atoms with Crippen LogP contribution < -0.4 is 25.8 Å². The number of nitrogen functional groups attached to an aromatic ring is 1. The SMILES string of the molecule is CNCCNc1nc(OC)c(N)c(OC)n1. The van der Waals surface area contributed by atoms with Crippen LogP contribution >= 0.6 is 0 Å². The van der Waals surface area contributed by atoms with Gasteiger partial charge < -0.3 is 25.8 Å². The number of aromatic nitrogens is 2. The van der Waals surface area contributed by atoms with Crippen LogP contribution in [0.3, 0.4) is 0 Å². The maximum atomic E-state index is 5.71. The molecule has 0 spiro atoms. The van der Waals surface area contributed by atoms with Crippen LogP contribution in [-0.2, 0) is 0 Å². The van der Waals surface area contributed by atoms with Gasteiger partial charge in [0, 0.05) is 13.1 Å². The van der Waals surface area contributed by atoms with Gasteiger partial charge in [-0.1, -0.05) is 0 Å². The molecule has 1 heterocycles. The predicted octanol–water partition coefficient (Wildman–Crippen LogP) is -0.293. The van der Waals surface area contributed by atoms with Gasteiger partial charge >= 0.3 is 0 Å². The van der Waals surface area contributed by atoms with Gasteiger partial charge in [0.15, 0.2) is 5.69 Å². The summed E-state index contributed by atoms with van der Waals surface area (Å²) < 4.78 is 10.0. The first kappa shape index (κ1) is 12.3. The summed E-state index contributed by atoms with van der Waals surface area (Å²) in [5.74, 6) is 1.04. The van der Waals surface area contributed by atoms with E-state index >= 15 is 0 Å². The third kappa shape index (κ3) is 2.86. The molecule has 0 atom stereocenters. The van der Waals surface area contributed by atoms with E-state index in [9.17, 15) is 0 Å². The average molecular weight is 227 g/mol. The molecule has 1 aromatic rings. The molecule has 0 aromatic carbocycles. The minimum atomic E-state index is 0.296. The van der Waals surface area contributed by atoms with E-state index in [-0.39, 0.29) is 0 Å². The number of anilines is 2. The number of likely N-dealkylation sites (N-methyl/N-ethyl adjacent to an activating group) is 1. The zero-order chi connectivity index (χ0) is 12.0. The summed E-state index contributed by atoms with van der Waals surface area (Å²) in [5, 5.41) is 6.02. The molecular formula is C9H17N5O2. The van der Waals surface area contributed by atoms with Gasteiger partial charge in [-0.3, -0.25) is 0 Å². The molecule has 0 saturated heterocycles. The van der Waals surface area contributed by atoms with Crippen LogP contribution in [0.15, 0.2) is 0 Å². The minimum Gasteiger partial charge on any atom is -0.479 e. The van der Waals surface area contributed by atoms with E-state index in [1.807, 2.05) is 7.05 Å². The van der Waals surface area contributed by atoms with Gasteiger partial charge in [-0.15, -0.1) is 0 Å². The zero-order valence-corrected chi connectivity index (χ0v) is 9.70. The number of hydrogen-bond acceptors (Lipinski definition) is 7. The van der Waals surface area contributed by atoms with E-state index in [1.165, 1.54) is 14.2 Å². The molecule has 90 valence electrons. The summed E-state index contributed by atoms with van der Waals surface area (Å²) in [6.07, 6.45) is 0. The molecule has 0 aliphatic heterocycles. The van der Waals surface area contributed by atoms with Crippen LogP contribution in [0.4, 0.5) is 11.6 Å². The van der Waals surface area contributed by atoms with Crippen LogP contribution in [0.5, 0.6) is 11.8 Å². The lowest BCUT2D eigenvalue weighted by Gasteiger charge is -2.10. The highest BCUT2D eigenvalue weighted by atomic mass is 16.5. The number of nitrogens with two attached hydrogens (primary N) is 1. The molecule has 0 aliphatic rings. The summed E-state index contributed by atoms with van der Waals surface area (Å²) in [7, 11) is 4.86. The largest absolute Gasteiger partial charge is 0.479 e. The highest BCUT2D eigenvalue weighted by Gasteiger charge is 2.12. The van der Waals surface area contributed by atoms with Gasteiger partial charge in [-0.05, 0) is 7.05 Å². The van der Waals surface area contributed by atoms with Crippen LogP contribution in [0.25, 0.3) is 0 Å². The topological polar surface area (TPSA) is 94.3 Å². The fourth-order valence-electron chi connectivity index (χ4n) is 1.12. The lowest BCUT2D eigenvalue weighted by atomic mass is 10.5. The number of ether oxygens (including phenoxy) is 2. The highest BCUT2D eigenvalue weighted by Crippen LogP contribution is 2.28. The number of methoxy groups -OCH3 is 2. The Morgan fingerprint density at radius 2 is 1.69 bits per heavy atom. The molecule has 0 amide bonds. The van der Waals surface area contributed by atoms with Crippen molar-refractivity contribution in [3.63, 3.8) is 0 Å². The summed E-state index contributed by atoms with van der Waals surface area (Å²) >= 11 is 0. The van der Waals surface area contributed by atoms with Crippen molar-refractivity contribution < 1.29 is 9.47 Å². The molecule has 4 N–H and O–H groups in total. The van der Waals surface area contributed by atoms with Crippen LogP contribution in [0, 0.1) is 0 Å². The van der Waals surface area contributed by atoms with E-state index in [2.05, 4.69) is 20.6 Å². The lowest BCUT2D eigenvalue weighted by Crippen LogP contribution is -2.19. The lowest BCUT2D eigenvalue weighted by molar-refractivity contribution is 0.377. The van der Waals surface area contributed by atoms with Crippen molar-refractivity contribution in [3.05, 3.63) is 0 Å². The number of rotatable bonds is 6. The number of nitrogens with one attached hydrogen (secondary N) is 2. The Morgan fingerprint density at radius 1 is 1.12 bits per heavy atom. The second kappa shape index (κ2) is 5.96. The van der Waals surface area contributed by atoms with E-state index < -0.39 is 0 Å². The normalized spacial score (nSPS) is 9.94. The zero-order valence-electron chi connectivity index (χ0n) is 9.70. The standard InChI is InChI=1S/C9H17N5O2/c1-11-4-5-12-9-13-7(15-2)6(10)8(14-9)16-3/h11H,4-5,10H2,1-3H3,(H,12,13,14). The molecule has 0 unspecified atom stereocenters. The third-order valence-electron chi connectivity index (χ3n) is 1.92. The van der Waals surface area contributed by atoms with Crippen molar-refractivity contribution in [2.24, 2.45) is 0 Å². The molecule has 7 nitrogen and oxygen atoms in total. The van der Waals surface area contributed by atoms with E-state index in [1.54, 1.807) is 0 Å². The Hall–Kier alpha value is -1.76. The van der Waals surface area contributed by atoms with Gasteiger partial charge in [-0.25, -0.2) is 0 Å². The molecule has 0 bridgehead atoms. The molecule has 0 saturated carbocycles. The van der Waals surface area contributed by atoms with Crippen LogP contribution in [0.2, 0.25) is 0 Å². The Labute approximate surface area is 94.4 Å². The van der Waals surface area contributed by atoms with Gasteiger partial charge in [0.2, 0.25) is 17.7 Å². The third-order valence-corrected chi connectivity index (χ3v) is 1.92. The van der Waals surface area contributed by atoms with Gasteiger partial charge in [0.1, 0.15) is 0 Å². The summed E-state index contributed by atoms with van der Waals surface area (Å²) in [5.41, 5.74) is 6.01. The first-order valence-electron chi connectivity index (χ1n) is 4.86. The maximum Gasteiger partial charge on any atom is 0.245 e. The monoisotopic (exact) mass is 227 g/mol. The summed E-state index contributed by atoms with van der Waals surface area (Å²) in [6, 6.07) is 0. The molecule has 0 aliphatic carbocycles. The quantitative estimate of drug-likeness (QED) is 0.575. The Balaban J connectivity index is 2.84. The van der Waals surface area contributed by atoms with Crippen molar-refractivity contribution >= 4 is 11.6 Å². The molecule has 16 heavy (non-hydrogen) atoms. The van der Waals surface area contributed by atoms with Gasteiger partial charge in [0.05, 0.1) is 14.2 Å². The summed E-state index contributed by atoms with van der Waals surface area (Å²) in [6.45, 7) is 1.51. The van der Waals surface area contributed by atoms with Crippen LogP contribution in [-0.4, -0.2) is 44.3 Å². The van der Waals surface area contributed by atoms with Gasteiger partial charge in [0.25, 0.3) is 0 Å². The van der Waals surface area contributed by atoms with Crippen molar-refractivity contribution in [1.29, 1.82) is 0 Å². The predicted molar refractivity (Wildman–Crippen MR) is 62.0 cm³/mol. The highest BCUT2D eigenvalue weighted by molar-refractivity contribution is 5.58. The summed E-state index contributed by atoms with van der Waals surface area (Å²) in [4.78, 5) is 8.19. The maximum absolute atomic E-state index is 5.71. The molecule has 7 heteroatoms. The van der Waals surface area contributed by atoms with Crippen molar-refractivity contribution in [2.75, 3.05) is 45.4 Å². The molecule has 0 radical (unpaired) electrons. The van der Waals surface area contributed by atoms with E-state index in [0.29, 0.717) is 29.9 Å². The van der Waals surface area contributed by atoms with Crippen molar-refractivity contribution in [1.82, 2.24) is 15.3 Å². The fourth-order valence-corrected chi connectivity index (χ4v) is 1.12. The number of hydrogen-bond donors (Lipinski definition) is 3. The average Bonchev–Trinajstić information content (AvgIpc) is 2.31. The number of nitrogens with zero attached hydrogens (tertiary/aromatic N) is 2. The van der Waals surface area contributed by atoms with Crippen molar-refractivity contribution in [3.8, 4) is 11.8 Å². The van der Waals surface area contributed by atoms with Crippen molar-refractivity contribution in [2.45, 2.75) is 0 Å². The molecule has 1 rings (SSSR count). The molecule has 0 fully saturated rings. The first-order valence-corrected chi connectivity index (χ1v) is 4.86. The second-order valence-corrected chi connectivity index (χ2v) is 3.01. The Bertz CT molecular complexity index is 320. The molecular weight excluding hydrogens is 210 g/mol. The van der Waals surface area contributed by atoms with E-state index in [0.717, 1.165) is 6.54 Å². The van der Waals surface area contributed by atoms with E-state index in [4.69, 9.17) is 15.2 Å². The minimum absolute atomic E-state index is 0.296. The Kier molecular flexibility index (Phi) is 4.59. The van der Waals surface area contributed by atoms with Gasteiger partial charge in [-0.2, -0.15) is 9.97 Å².